The third-order valence-electron chi connectivity index (χ3n) is 6.70. The van der Waals surface area contributed by atoms with Gasteiger partial charge in [0.1, 0.15) is 0 Å². The highest BCUT2D eigenvalue weighted by Crippen LogP contribution is 2.39. The molecule has 2 aromatic rings. The van der Waals surface area contributed by atoms with Crippen molar-refractivity contribution in [3.63, 3.8) is 0 Å². The summed E-state index contributed by atoms with van der Waals surface area (Å²) in [4.78, 5) is 11.4. The summed E-state index contributed by atoms with van der Waals surface area (Å²) in [6, 6.07) is 19.3. The van der Waals surface area contributed by atoms with Crippen molar-refractivity contribution in [1.82, 2.24) is 9.21 Å². The molecule has 2 aliphatic rings. The fourth-order valence-electron chi connectivity index (χ4n) is 4.85. The zero-order valence-corrected chi connectivity index (χ0v) is 20.5. The van der Waals surface area contributed by atoms with Crippen LogP contribution in [0.2, 0.25) is 0 Å². The molecular weight excluding hydrogens is 481 g/mol. The highest BCUT2D eigenvalue weighted by atomic mass is 32.2. The minimum atomic E-state index is -5.08. The van der Waals surface area contributed by atoms with Gasteiger partial charge in [0.25, 0.3) is 0 Å². The summed E-state index contributed by atoms with van der Waals surface area (Å²) in [7, 11) is -3.11. The van der Waals surface area contributed by atoms with Gasteiger partial charge in [0.05, 0.1) is 5.75 Å². The van der Waals surface area contributed by atoms with Crippen molar-refractivity contribution in [3.8, 4) is 11.1 Å². The lowest BCUT2D eigenvalue weighted by Gasteiger charge is -2.45. The van der Waals surface area contributed by atoms with Gasteiger partial charge in [0, 0.05) is 25.2 Å². The van der Waals surface area contributed by atoms with Crippen LogP contribution in [-0.2, 0) is 21.4 Å². The Hall–Kier alpha value is -2.43. The molecule has 6 nitrogen and oxygen atoms in total. The second-order valence-electron chi connectivity index (χ2n) is 8.95. The SMILES string of the molecule is CCS(=O)(=O)N1CCCC2(CCCN2Cc2ccc(-c3ccccc3)cc2)C1.O=C(O)C(F)(F)F. The second kappa shape index (κ2) is 11.1. The number of hydrogen-bond acceptors (Lipinski definition) is 4. The van der Waals surface area contributed by atoms with E-state index >= 15 is 0 Å². The van der Waals surface area contributed by atoms with E-state index < -0.39 is 22.2 Å². The number of halogens is 3. The molecule has 2 aromatic carbocycles. The Morgan fingerprint density at radius 2 is 1.51 bits per heavy atom. The molecule has 2 heterocycles. The Balaban J connectivity index is 0.000000429. The number of hydrogen-bond donors (Lipinski definition) is 1. The molecule has 192 valence electrons. The first-order valence-corrected chi connectivity index (χ1v) is 13.3. The zero-order chi connectivity index (χ0) is 25.7. The number of alkyl halides is 3. The fourth-order valence-corrected chi connectivity index (χ4v) is 6.06. The van der Waals surface area contributed by atoms with E-state index in [1.807, 2.05) is 6.07 Å². The lowest BCUT2D eigenvalue weighted by Crippen LogP contribution is -2.56. The summed E-state index contributed by atoms with van der Waals surface area (Å²) in [6.45, 7) is 5.04. The molecule has 2 aliphatic heterocycles. The summed E-state index contributed by atoms with van der Waals surface area (Å²) in [5.41, 5.74) is 3.78. The molecular formula is C25H31F3N2O4S. The van der Waals surface area contributed by atoms with Crippen LogP contribution in [0.15, 0.2) is 54.6 Å². The number of likely N-dealkylation sites (tertiary alicyclic amines) is 1. The molecule has 0 saturated carbocycles. The predicted molar refractivity (Wildman–Crippen MR) is 128 cm³/mol. The molecule has 0 amide bonds. The quantitative estimate of drug-likeness (QED) is 0.625. The van der Waals surface area contributed by atoms with Crippen LogP contribution in [-0.4, -0.2) is 65.8 Å². The molecule has 2 fully saturated rings. The Bertz CT molecular complexity index is 1090. The third-order valence-corrected chi connectivity index (χ3v) is 8.52. The van der Waals surface area contributed by atoms with E-state index in [0.717, 1.165) is 38.8 Å². The number of nitrogens with zero attached hydrogens (tertiary/aromatic N) is 2. The minimum Gasteiger partial charge on any atom is -0.475 e. The first kappa shape index (κ1) is 27.2. The number of carbonyl (C=O) groups is 1. The molecule has 0 radical (unpaired) electrons. The summed E-state index contributed by atoms with van der Waals surface area (Å²) < 4.78 is 58.4. The largest absolute Gasteiger partial charge is 0.490 e. The van der Waals surface area contributed by atoms with Crippen molar-refractivity contribution in [2.45, 2.75) is 50.9 Å². The number of piperidine rings is 1. The summed E-state index contributed by atoms with van der Waals surface area (Å²) in [5, 5.41) is 7.12. The van der Waals surface area contributed by atoms with Crippen LogP contribution in [0, 0.1) is 0 Å². The van der Waals surface area contributed by atoms with Gasteiger partial charge in [0.15, 0.2) is 0 Å². The van der Waals surface area contributed by atoms with Gasteiger partial charge in [-0.25, -0.2) is 17.5 Å². The smallest absolute Gasteiger partial charge is 0.475 e. The van der Waals surface area contributed by atoms with E-state index in [4.69, 9.17) is 9.90 Å². The third kappa shape index (κ3) is 6.83. The van der Waals surface area contributed by atoms with Gasteiger partial charge in [-0.3, -0.25) is 4.90 Å². The first-order valence-electron chi connectivity index (χ1n) is 11.6. The predicted octanol–water partition coefficient (Wildman–Crippen LogP) is 4.77. The highest BCUT2D eigenvalue weighted by Gasteiger charge is 2.45. The standard InChI is InChI=1S/C23H30N2O2S.C2HF3O2/c1-2-28(26,27)25-17-7-15-23(19-25)14-6-16-24(23)18-20-10-12-22(13-11-20)21-8-4-3-5-9-21;3-2(4,5)1(6)7/h3-5,8-13H,2,6-7,14-19H2,1H3;(H,6,7). The fraction of sp³-hybridized carbons (Fsp3) is 0.480. The number of aliphatic carboxylic acids is 1. The van der Waals surface area contributed by atoms with Crippen molar-refractivity contribution < 1.29 is 31.5 Å². The van der Waals surface area contributed by atoms with Gasteiger partial charge in [-0.2, -0.15) is 13.2 Å². The van der Waals surface area contributed by atoms with Gasteiger partial charge in [0.2, 0.25) is 10.0 Å². The average molecular weight is 513 g/mol. The Morgan fingerprint density at radius 1 is 0.971 bits per heavy atom. The number of rotatable bonds is 5. The maximum Gasteiger partial charge on any atom is 0.490 e. The molecule has 1 N–H and O–H groups in total. The Kier molecular flexibility index (Phi) is 8.61. The summed E-state index contributed by atoms with van der Waals surface area (Å²) >= 11 is 0. The van der Waals surface area contributed by atoms with Crippen molar-refractivity contribution in [3.05, 3.63) is 60.2 Å². The van der Waals surface area contributed by atoms with Crippen LogP contribution in [0.25, 0.3) is 11.1 Å². The Labute approximate surface area is 204 Å². The van der Waals surface area contributed by atoms with Crippen LogP contribution in [0.1, 0.15) is 38.2 Å². The first-order chi connectivity index (χ1) is 16.5. The van der Waals surface area contributed by atoms with E-state index in [0.29, 0.717) is 13.1 Å². The van der Waals surface area contributed by atoms with Gasteiger partial charge in [-0.05, 0) is 55.8 Å². The topological polar surface area (TPSA) is 77.9 Å². The Morgan fingerprint density at radius 3 is 2.06 bits per heavy atom. The molecule has 0 bridgehead atoms. The van der Waals surface area contributed by atoms with Gasteiger partial charge in [-0.15, -0.1) is 0 Å². The molecule has 0 aliphatic carbocycles. The van der Waals surface area contributed by atoms with Crippen molar-refractivity contribution in [2.75, 3.05) is 25.4 Å². The molecule has 10 heteroatoms. The minimum absolute atomic E-state index is 0.0125. The number of sulfonamides is 1. The normalized spacial score (nSPS) is 21.5. The molecule has 1 atom stereocenters. The van der Waals surface area contributed by atoms with Crippen LogP contribution >= 0.6 is 0 Å². The van der Waals surface area contributed by atoms with E-state index in [9.17, 15) is 21.6 Å². The lowest BCUT2D eigenvalue weighted by atomic mass is 9.87. The molecule has 0 aromatic heterocycles. The van der Waals surface area contributed by atoms with E-state index in [1.54, 1.807) is 11.2 Å². The van der Waals surface area contributed by atoms with E-state index in [-0.39, 0.29) is 11.3 Å². The van der Waals surface area contributed by atoms with Gasteiger partial charge in [-0.1, -0.05) is 54.6 Å². The van der Waals surface area contributed by atoms with Gasteiger partial charge < -0.3 is 5.11 Å². The van der Waals surface area contributed by atoms with Crippen LogP contribution in [0.5, 0.6) is 0 Å². The van der Waals surface area contributed by atoms with E-state index in [2.05, 4.69) is 53.4 Å². The summed E-state index contributed by atoms with van der Waals surface area (Å²) in [6.07, 6.45) is -0.763. The summed E-state index contributed by atoms with van der Waals surface area (Å²) in [5.74, 6) is -2.56. The lowest BCUT2D eigenvalue weighted by molar-refractivity contribution is -0.192. The van der Waals surface area contributed by atoms with Crippen molar-refractivity contribution >= 4 is 16.0 Å². The van der Waals surface area contributed by atoms with Crippen LogP contribution in [0.4, 0.5) is 13.2 Å². The second-order valence-corrected chi connectivity index (χ2v) is 11.2. The molecule has 1 spiro atoms. The van der Waals surface area contributed by atoms with E-state index in [1.165, 1.54) is 16.7 Å². The molecule has 35 heavy (non-hydrogen) atoms. The zero-order valence-electron chi connectivity index (χ0n) is 19.7. The number of benzene rings is 2. The highest BCUT2D eigenvalue weighted by molar-refractivity contribution is 7.89. The van der Waals surface area contributed by atoms with Crippen molar-refractivity contribution in [1.29, 1.82) is 0 Å². The van der Waals surface area contributed by atoms with Gasteiger partial charge >= 0.3 is 12.1 Å². The number of carboxylic acids is 1. The maximum absolute atomic E-state index is 12.4. The maximum atomic E-state index is 12.4. The molecule has 1 unspecified atom stereocenters. The molecule has 2 saturated heterocycles. The number of carboxylic acid groups (broad SMARTS) is 1. The molecule has 4 rings (SSSR count). The van der Waals surface area contributed by atoms with Crippen molar-refractivity contribution in [2.24, 2.45) is 0 Å². The monoisotopic (exact) mass is 512 g/mol. The average Bonchev–Trinajstić information content (AvgIpc) is 3.20. The van der Waals surface area contributed by atoms with Crippen LogP contribution in [0.3, 0.4) is 0 Å². The van der Waals surface area contributed by atoms with Crippen LogP contribution < -0.4 is 0 Å².